The molecule has 11 heteroatoms. The molecule has 36 heavy (non-hydrogen) atoms. The quantitative estimate of drug-likeness (QED) is 0.298. The summed E-state index contributed by atoms with van der Waals surface area (Å²) < 4.78 is 19.5. The average Bonchev–Trinajstić information content (AvgIpc) is 2.91. The molecule has 1 saturated heterocycles. The van der Waals surface area contributed by atoms with Crippen LogP contribution in [0, 0.1) is 12.7 Å². The highest BCUT2D eigenvalue weighted by Gasteiger charge is 2.17. The predicted octanol–water partition coefficient (Wildman–Crippen LogP) is 3.80. The van der Waals surface area contributed by atoms with Crippen LogP contribution in [0.3, 0.4) is 0 Å². The Morgan fingerprint density at radius 2 is 1.92 bits per heavy atom. The van der Waals surface area contributed by atoms with Gasteiger partial charge in [-0.25, -0.2) is 24.8 Å². The fourth-order valence-corrected chi connectivity index (χ4v) is 3.73. The Morgan fingerprint density at radius 3 is 2.72 bits per heavy atom. The van der Waals surface area contributed by atoms with Crippen molar-refractivity contribution in [3.63, 3.8) is 0 Å². The third kappa shape index (κ3) is 5.58. The van der Waals surface area contributed by atoms with Crippen molar-refractivity contribution >= 4 is 29.4 Å². The van der Waals surface area contributed by atoms with Crippen LogP contribution >= 0.6 is 0 Å². The van der Waals surface area contributed by atoms with Crippen LogP contribution in [0.15, 0.2) is 66.4 Å². The lowest BCUT2D eigenvalue weighted by Gasteiger charge is -2.27. The number of aromatic nitrogens is 5. The van der Waals surface area contributed by atoms with E-state index in [0.29, 0.717) is 32.0 Å². The van der Waals surface area contributed by atoms with E-state index in [0.717, 1.165) is 34.4 Å². The van der Waals surface area contributed by atoms with Gasteiger partial charge in [-0.1, -0.05) is 12.1 Å². The molecule has 0 unspecified atom stereocenters. The third-order valence-corrected chi connectivity index (χ3v) is 5.50. The van der Waals surface area contributed by atoms with Gasteiger partial charge in [-0.05, 0) is 36.8 Å². The number of nitrogens with zero attached hydrogens (tertiary/aromatic N) is 7. The highest BCUT2D eigenvalue weighted by molar-refractivity contribution is 5.78. The molecule has 0 aliphatic carbocycles. The van der Waals surface area contributed by atoms with Crippen LogP contribution in [0.4, 0.5) is 27.5 Å². The summed E-state index contributed by atoms with van der Waals surface area (Å²) in [6.45, 7) is 4.21. The summed E-state index contributed by atoms with van der Waals surface area (Å²) in [5, 5.41) is 7.48. The van der Waals surface area contributed by atoms with Gasteiger partial charge < -0.3 is 15.0 Å². The number of hydrazone groups is 1. The van der Waals surface area contributed by atoms with E-state index in [1.165, 1.54) is 0 Å². The Balaban J connectivity index is 1.21. The number of nitrogens with one attached hydrogen (secondary N) is 2. The SMILES string of the molecule is Cc1cncnc1-c1cccc(Nc2ccc(/C=N/Nc3ncc(F)c(N4CCOCC4)n3)nc2)c1. The lowest BCUT2D eigenvalue weighted by atomic mass is 10.1. The number of aryl methyl sites for hydroxylation is 1. The van der Waals surface area contributed by atoms with Crippen LogP contribution in [0.25, 0.3) is 11.3 Å². The van der Waals surface area contributed by atoms with Gasteiger partial charge in [0.25, 0.3) is 0 Å². The van der Waals surface area contributed by atoms with Crippen LogP contribution in [0.2, 0.25) is 0 Å². The standard InChI is InChI=1S/C25H24FN9O/c1-17-12-27-16-30-23(17)18-3-2-4-19(11-18)32-21-6-5-20(28-13-21)14-31-34-25-29-15-22(26)24(33-25)35-7-9-36-10-8-35/h2-6,11-16,32H,7-10H2,1H3,(H,29,33,34)/b31-14+. The van der Waals surface area contributed by atoms with Crippen molar-refractivity contribution in [3.05, 3.63) is 78.4 Å². The van der Waals surface area contributed by atoms with Crippen LogP contribution in [-0.4, -0.2) is 57.4 Å². The van der Waals surface area contributed by atoms with E-state index >= 15 is 0 Å². The van der Waals surface area contributed by atoms with Crippen molar-refractivity contribution in [3.8, 4) is 11.3 Å². The summed E-state index contributed by atoms with van der Waals surface area (Å²) in [5.74, 6) is -0.0429. The summed E-state index contributed by atoms with van der Waals surface area (Å²) in [6.07, 6.45) is 7.74. The van der Waals surface area contributed by atoms with E-state index in [2.05, 4.69) is 40.8 Å². The first kappa shape index (κ1) is 23.2. The van der Waals surface area contributed by atoms with Crippen LogP contribution in [0.1, 0.15) is 11.3 Å². The molecule has 5 rings (SSSR count). The minimum Gasteiger partial charge on any atom is -0.378 e. The molecule has 0 saturated carbocycles. The minimum absolute atomic E-state index is 0.200. The molecule has 182 valence electrons. The summed E-state index contributed by atoms with van der Waals surface area (Å²) in [7, 11) is 0. The van der Waals surface area contributed by atoms with E-state index < -0.39 is 5.82 Å². The molecule has 4 heterocycles. The molecule has 0 bridgehead atoms. The van der Waals surface area contributed by atoms with E-state index in [9.17, 15) is 4.39 Å². The number of halogens is 1. The van der Waals surface area contributed by atoms with Crippen molar-refractivity contribution in [2.75, 3.05) is 41.9 Å². The summed E-state index contributed by atoms with van der Waals surface area (Å²) in [5.41, 5.74) is 8.02. The van der Waals surface area contributed by atoms with Crippen molar-refractivity contribution in [1.82, 2.24) is 24.9 Å². The number of hydrogen-bond donors (Lipinski definition) is 2. The number of hydrogen-bond acceptors (Lipinski definition) is 10. The molecule has 0 amide bonds. The van der Waals surface area contributed by atoms with E-state index in [-0.39, 0.29) is 11.8 Å². The highest BCUT2D eigenvalue weighted by atomic mass is 19.1. The lowest BCUT2D eigenvalue weighted by Crippen LogP contribution is -2.37. The lowest BCUT2D eigenvalue weighted by molar-refractivity contribution is 0.122. The second kappa shape index (κ2) is 10.8. The van der Waals surface area contributed by atoms with Crippen LogP contribution in [0.5, 0.6) is 0 Å². The largest absolute Gasteiger partial charge is 0.378 e. The predicted molar refractivity (Wildman–Crippen MR) is 136 cm³/mol. The highest BCUT2D eigenvalue weighted by Crippen LogP contribution is 2.25. The fraction of sp³-hybridized carbons (Fsp3) is 0.200. The zero-order valence-electron chi connectivity index (χ0n) is 19.6. The molecule has 1 aromatic carbocycles. The van der Waals surface area contributed by atoms with Gasteiger partial charge in [-0.2, -0.15) is 10.1 Å². The van der Waals surface area contributed by atoms with Gasteiger partial charge in [0, 0.05) is 30.5 Å². The summed E-state index contributed by atoms with van der Waals surface area (Å²) in [6, 6.07) is 11.7. The number of anilines is 4. The Hall–Kier alpha value is -4.51. The molecule has 3 aromatic heterocycles. The van der Waals surface area contributed by atoms with Crippen molar-refractivity contribution in [2.24, 2.45) is 5.10 Å². The third-order valence-electron chi connectivity index (χ3n) is 5.50. The van der Waals surface area contributed by atoms with Gasteiger partial charge >= 0.3 is 0 Å². The van der Waals surface area contributed by atoms with Gasteiger partial charge in [-0.15, -0.1) is 0 Å². The van der Waals surface area contributed by atoms with Crippen molar-refractivity contribution in [1.29, 1.82) is 0 Å². The Labute approximate surface area is 207 Å². The average molecular weight is 486 g/mol. The molecule has 0 radical (unpaired) electrons. The monoisotopic (exact) mass is 485 g/mol. The summed E-state index contributed by atoms with van der Waals surface area (Å²) >= 11 is 0. The van der Waals surface area contributed by atoms with Gasteiger partial charge in [0.05, 0.1) is 48.9 Å². The Bertz CT molecular complexity index is 1360. The normalized spacial score (nSPS) is 13.7. The topological polar surface area (TPSA) is 113 Å². The zero-order chi connectivity index (χ0) is 24.7. The molecule has 1 aliphatic rings. The maximum atomic E-state index is 14.2. The van der Waals surface area contributed by atoms with Crippen molar-refractivity contribution < 1.29 is 9.13 Å². The molecule has 2 N–H and O–H groups in total. The first-order valence-corrected chi connectivity index (χ1v) is 11.4. The van der Waals surface area contributed by atoms with E-state index in [4.69, 9.17) is 4.74 Å². The molecular formula is C25H24FN9O. The van der Waals surface area contributed by atoms with Crippen LogP contribution in [-0.2, 0) is 4.74 Å². The van der Waals surface area contributed by atoms with Gasteiger partial charge in [0.2, 0.25) is 5.95 Å². The van der Waals surface area contributed by atoms with E-state index in [1.807, 2.05) is 48.2 Å². The second-order valence-corrected chi connectivity index (χ2v) is 8.07. The number of morpholine rings is 1. The fourth-order valence-electron chi connectivity index (χ4n) is 3.73. The first-order valence-electron chi connectivity index (χ1n) is 11.4. The summed E-state index contributed by atoms with van der Waals surface area (Å²) in [4.78, 5) is 22.9. The molecule has 4 aromatic rings. The Morgan fingerprint density at radius 1 is 1.03 bits per heavy atom. The van der Waals surface area contributed by atoms with Crippen molar-refractivity contribution in [2.45, 2.75) is 6.92 Å². The number of rotatable bonds is 7. The molecule has 10 nitrogen and oxygen atoms in total. The van der Waals surface area contributed by atoms with Crippen LogP contribution < -0.4 is 15.6 Å². The Kier molecular flexibility index (Phi) is 6.99. The van der Waals surface area contributed by atoms with E-state index in [1.54, 1.807) is 24.9 Å². The first-order chi connectivity index (χ1) is 17.7. The number of ether oxygens (including phenoxy) is 1. The maximum Gasteiger partial charge on any atom is 0.245 e. The molecule has 1 aliphatic heterocycles. The van der Waals surface area contributed by atoms with Gasteiger partial charge in [0.15, 0.2) is 11.6 Å². The molecular weight excluding hydrogens is 461 g/mol. The minimum atomic E-state index is -0.478. The zero-order valence-corrected chi connectivity index (χ0v) is 19.6. The van der Waals surface area contributed by atoms with Gasteiger partial charge in [0.1, 0.15) is 6.33 Å². The molecule has 0 atom stereocenters. The molecule has 1 fully saturated rings. The smallest absolute Gasteiger partial charge is 0.245 e. The molecule has 0 spiro atoms. The van der Waals surface area contributed by atoms with Gasteiger partial charge in [-0.3, -0.25) is 4.98 Å². The number of pyridine rings is 1. The second-order valence-electron chi connectivity index (χ2n) is 8.07. The number of benzene rings is 1. The maximum absolute atomic E-state index is 14.2.